The summed E-state index contributed by atoms with van der Waals surface area (Å²) in [7, 11) is 0. The lowest BCUT2D eigenvalue weighted by molar-refractivity contribution is -0.167. The molecule has 0 spiro atoms. The van der Waals surface area contributed by atoms with Crippen LogP contribution in [-0.2, 0) is 28.6 Å². The van der Waals surface area contributed by atoms with E-state index in [0.29, 0.717) is 19.3 Å². The smallest absolute Gasteiger partial charge is 0.306 e. The molecule has 0 bridgehead atoms. The van der Waals surface area contributed by atoms with Crippen LogP contribution in [0.2, 0.25) is 0 Å². The van der Waals surface area contributed by atoms with Crippen molar-refractivity contribution < 1.29 is 28.6 Å². The van der Waals surface area contributed by atoms with Crippen molar-refractivity contribution in [1.29, 1.82) is 0 Å². The molecule has 0 aliphatic heterocycles. The number of hydrogen-bond donors (Lipinski definition) is 0. The second-order valence-corrected chi connectivity index (χ2v) is 22.7. The van der Waals surface area contributed by atoms with Crippen molar-refractivity contribution in [1.82, 2.24) is 0 Å². The third kappa shape index (κ3) is 60.8. The fourth-order valence-corrected chi connectivity index (χ4v) is 10.1. The minimum Gasteiger partial charge on any atom is -0.462 e. The number of allylic oxidation sites excluding steroid dienone is 4. The summed E-state index contributed by atoms with van der Waals surface area (Å²) in [4.78, 5) is 38.4. The van der Waals surface area contributed by atoms with Crippen LogP contribution < -0.4 is 0 Å². The third-order valence-electron chi connectivity index (χ3n) is 15.2. The van der Waals surface area contributed by atoms with Crippen LogP contribution in [0.3, 0.4) is 0 Å². The van der Waals surface area contributed by atoms with E-state index in [2.05, 4.69) is 45.1 Å². The quantitative estimate of drug-likeness (QED) is 0.0261. The van der Waals surface area contributed by atoms with Gasteiger partial charge in [0.2, 0.25) is 0 Å². The molecule has 0 amide bonds. The molecule has 436 valence electrons. The standard InChI is InChI=1S/C68H128O6/c1-4-7-10-13-16-19-22-25-28-31-34-37-40-43-46-49-52-55-58-61-67(70)73-64-65(63-72-66(69)60-57-54-51-48-45-42-39-36-33-30-27-24-21-18-15-12-9-6-3)74-68(71)62-59-56-53-50-47-44-41-38-35-32-29-26-23-20-17-14-11-8-5-2/h31-32,34-35,65H,4-30,33,36-64H2,1-3H3/b34-31-,35-32-. The maximum absolute atomic E-state index is 12.9. The highest BCUT2D eigenvalue weighted by Gasteiger charge is 2.19. The van der Waals surface area contributed by atoms with Crippen LogP contribution in [0, 0.1) is 0 Å². The molecule has 0 aromatic heterocycles. The zero-order valence-corrected chi connectivity index (χ0v) is 50.1. The molecular weight excluding hydrogens is 913 g/mol. The molecule has 0 aromatic carbocycles. The fraction of sp³-hybridized carbons (Fsp3) is 0.897. The molecule has 0 aromatic rings. The Morgan fingerprint density at radius 1 is 0.257 bits per heavy atom. The van der Waals surface area contributed by atoms with Gasteiger partial charge in [0.25, 0.3) is 0 Å². The van der Waals surface area contributed by atoms with E-state index in [1.54, 1.807) is 0 Å². The van der Waals surface area contributed by atoms with Crippen LogP contribution >= 0.6 is 0 Å². The zero-order chi connectivity index (χ0) is 53.6. The molecule has 1 atom stereocenters. The van der Waals surface area contributed by atoms with Gasteiger partial charge in [-0.3, -0.25) is 14.4 Å². The summed E-state index contributed by atoms with van der Waals surface area (Å²) >= 11 is 0. The van der Waals surface area contributed by atoms with Crippen LogP contribution in [0.1, 0.15) is 374 Å². The largest absolute Gasteiger partial charge is 0.462 e. The van der Waals surface area contributed by atoms with Crippen LogP contribution in [0.5, 0.6) is 0 Å². The number of esters is 3. The second-order valence-electron chi connectivity index (χ2n) is 22.7. The average Bonchev–Trinajstić information content (AvgIpc) is 3.40. The van der Waals surface area contributed by atoms with Crippen LogP contribution in [0.15, 0.2) is 24.3 Å². The Morgan fingerprint density at radius 2 is 0.446 bits per heavy atom. The lowest BCUT2D eigenvalue weighted by atomic mass is 10.0. The molecule has 0 aliphatic rings. The Bertz CT molecular complexity index is 1190. The summed E-state index contributed by atoms with van der Waals surface area (Å²) < 4.78 is 17.0. The number of hydrogen-bond acceptors (Lipinski definition) is 6. The SMILES string of the molecule is CCCCCCCCCC/C=C\CCCCCCCCCC(=O)OCC(COC(=O)CCCCCCCCCCCCCCCCCCCC)OC(=O)CCCCCCCCC/C=C\CCCCCCCCCC. The van der Waals surface area contributed by atoms with Gasteiger partial charge in [-0.1, -0.05) is 308 Å². The summed E-state index contributed by atoms with van der Waals surface area (Å²) in [6, 6.07) is 0. The van der Waals surface area contributed by atoms with Crippen molar-refractivity contribution in [3.63, 3.8) is 0 Å². The van der Waals surface area contributed by atoms with Gasteiger partial charge in [0, 0.05) is 19.3 Å². The molecule has 0 fully saturated rings. The highest BCUT2D eigenvalue weighted by molar-refractivity contribution is 5.71. The van der Waals surface area contributed by atoms with Crippen LogP contribution in [-0.4, -0.2) is 37.2 Å². The van der Waals surface area contributed by atoms with E-state index in [-0.39, 0.29) is 31.1 Å². The highest BCUT2D eigenvalue weighted by Crippen LogP contribution is 2.18. The van der Waals surface area contributed by atoms with E-state index in [0.717, 1.165) is 57.8 Å². The minimum atomic E-state index is -0.773. The van der Waals surface area contributed by atoms with E-state index in [4.69, 9.17) is 14.2 Å². The van der Waals surface area contributed by atoms with E-state index in [1.807, 2.05) is 0 Å². The Kier molecular flexibility index (Phi) is 61.6. The summed E-state index contributed by atoms with van der Waals surface area (Å²) in [5, 5.41) is 0. The Hall–Kier alpha value is -2.11. The molecule has 6 heteroatoms. The van der Waals surface area contributed by atoms with Gasteiger partial charge in [0.15, 0.2) is 6.10 Å². The Balaban J connectivity index is 4.33. The number of ether oxygens (including phenoxy) is 3. The molecule has 0 aliphatic carbocycles. The highest BCUT2D eigenvalue weighted by atomic mass is 16.6. The molecule has 0 saturated carbocycles. The molecule has 0 heterocycles. The van der Waals surface area contributed by atoms with Gasteiger partial charge < -0.3 is 14.2 Å². The topological polar surface area (TPSA) is 78.9 Å². The number of rotatable bonds is 62. The van der Waals surface area contributed by atoms with Crippen molar-refractivity contribution in [3.8, 4) is 0 Å². The number of carbonyl (C=O) groups is 3. The summed E-state index contributed by atoms with van der Waals surface area (Å²) in [5.74, 6) is -0.849. The monoisotopic (exact) mass is 1040 g/mol. The maximum Gasteiger partial charge on any atom is 0.306 e. The Morgan fingerprint density at radius 3 is 0.676 bits per heavy atom. The van der Waals surface area contributed by atoms with Gasteiger partial charge in [0.1, 0.15) is 13.2 Å². The summed E-state index contributed by atoms with van der Waals surface area (Å²) in [5.41, 5.74) is 0. The van der Waals surface area contributed by atoms with Crippen molar-refractivity contribution in [3.05, 3.63) is 24.3 Å². The van der Waals surface area contributed by atoms with Gasteiger partial charge in [-0.25, -0.2) is 0 Å². The first-order valence-corrected chi connectivity index (χ1v) is 33.3. The molecule has 0 radical (unpaired) electrons. The van der Waals surface area contributed by atoms with Gasteiger partial charge in [-0.15, -0.1) is 0 Å². The lowest BCUT2D eigenvalue weighted by Crippen LogP contribution is -2.30. The van der Waals surface area contributed by atoms with Crippen molar-refractivity contribution >= 4 is 17.9 Å². The molecule has 74 heavy (non-hydrogen) atoms. The van der Waals surface area contributed by atoms with E-state index in [1.165, 1.54) is 276 Å². The second kappa shape index (κ2) is 63.4. The minimum absolute atomic E-state index is 0.0691. The van der Waals surface area contributed by atoms with E-state index in [9.17, 15) is 14.4 Å². The first-order chi connectivity index (χ1) is 36.5. The van der Waals surface area contributed by atoms with Crippen molar-refractivity contribution in [2.24, 2.45) is 0 Å². The molecular formula is C68H128O6. The Labute approximate surface area is 462 Å². The molecule has 0 saturated heterocycles. The average molecular weight is 1040 g/mol. The molecule has 0 N–H and O–H groups in total. The van der Waals surface area contributed by atoms with E-state index >= 15 is 0 Å². The number of carbonyl (C=O) groups excluding carboxylic acids is 3. The number of unbranched alkanes of at least 4 members (excludes halogenated alkanes) is 47. The van der Waals surface area contributed by atoms with Crippen LogP contribution in [0.25, 0.3) is 0 Å². The van der Waals surface area contributed by atoms with Gasteiger partial charge >= 0.3 is 17.9 Å². The van der Waals surface area contributed by atoms with Gasteiger partial charge in [-0.2, -0.15) is 0 Å². The van der Waals surface area contributed by atoms with Gasteiger partial charge in [0.05, 0.1) is 0 Å². The summed E-state index contributed by atoms with van der Waals surface area (Å²) in [6.07, 6.45) is 76.1. The zero-order valence-electron chi connectivity index (χ0n) is 50.1. The fourth-order valence-electron chi connectivity index (χ4n) is 10.1. The predicted molar refractivity (Wildman–Crippen MR) is 321 cm³/mol. The van der Waals surface area contributed by atoms with Crippen molar-refractivity contribution in [2.45, 2.75) is 380 Å². The maximum atomic E-state index is 12.9. The molecule has 0 rings (SSSR count). The summed E-state index contributed by atoms with van der Waals surface area (Å²) in [6.45, 7) is 6.71. The van der Waals surface area contributed by atoms with Crippen molar-refractivity contribution in [2.75, 3.05) is 13.2 Å². The predicted octanol–water partition coefficient (Wildman–Crippen LogP) is 22.6. The normalized spacial score (nSPS) is 12.1. The first-order valence-electron chi connectivity index (χ1n) is 33.3. The lowest BCUT2D eigenvalue weighted by Gasteiger charge is -2.18. The van der Waals surface area contributed by atoms with Crippen LogP contribution in [0.4, 0.5) is 0 Å². The molecule has 6 nitrogen and oxygen atoms in total. The van der Waals surface area contributed by atoms with Gasteiger partial charge in [-0.05, 0) is 70.6 Å². The molecule has 1 unspecified atom stereocenters. The third-order valence-corrected chi connectivity index (χ3v) is 15.2. The first kappa shape index (κ1) is 71.9. The van der Waals surface area contributed by atoms with E-state index < -0.39 is 6.10 Å².